The van der Waals surface area contributed by atoms with Crippen LogP contribution in [-0.4, -0.2) is 11.7 Å². The number of hydrogen-bond donors (Lipinski definition) is 0. The first-order chi connectivity index (χ1) is 8.08. The Labute approximate surface area is 111 Å². The Kier molecular flexibility index (Phi) is 3.48. The van der Waals surface area contributed by atoms with Crippen LogP contribution in [0.1, 0.15) is 25.5 Å². The largest absolute Gasteiger partial charge is 0.497 e. The van der Waals surface area contributed by atoms with Gasteiger partial charge >= 0.3 is 0 Å². The van der Waals surface area contributed by atoms with Gasteiger partial charge in [0.15, 0.2) is 0 Å². The minimum atomic E-state index is 0.433. The normalized spacial score (nSPS) is 11.4. The molecule has 2 rings (SSSR count). The summed E-state index contributed by atoms with van der Waals surface area (Å²) in [6, 6.07) is 4.52. The molecule has 0 unspecified atom stereocenters. The molecule has 0 amide bonds. The average Bonchev–Trinajstić information content (AvgIpc) is 2.68. The van der Waals surface area contributed by atoms with Crippen LogP contribution in [0.5, 0.6) is 5.75 Å². The van der Waals surface area contributed by atoms with E-state index in [4.69, 9.17) is 4.74 Å². The van der Waals surface area contributed by atoms with Gasteiger partial charge in [-0.25, -0.2) is 0 Å². The molecular weight excluding hydrogens is 278 g/mol. The number of ether oxygens (including phenoxy) is 1. The molecule has 0 bridgehead atoms. The van der Waals surface area contributed by atoms with Crippen LogP contribution in [0.2, 0.25) is 0 Å². The molecule has 1 radical (unpaired) electrons. The number of halogens is 1. The number of fused-ring (bicyclic) bond motifs is 1. The summed E-state index contributed by atoms with van der Waals surface area (Å²) >= 11 is 3.63. The van der Waals surface area contributed by atoms with Crippen molar-refractivity contribution in [1.82, 2.24) is 4.57 Å². The second-order valence-electron chi connectivity index (χ2n) is 4.41. The molecule has 0 fully saturated rings. The van der Waals surface area contributed by atoms with Crippen molar-refractivity contribution in [3.63, 3.8) is 0 Å². The summed E-state index contributed by atoms with van der Waals surface area (Å²) in [4.78, 5) is 0. The standard InChI is InChI=1S/C14H17BrNO/c1-5-10-8-16(9(2)3)14-12(10)6-11(17-4)7-13(14)15/h6-9H,1,5H2,2-4H3. The van der Waals surface area contributed by atoms with Gasteiger partial charge in [0.05, 0.1) is 12.6 Å². The third-order valence-corrected chi connectivity index (χ3v) is 3.60. The molecule has 1 aromatic carbocycles. The van der Waals surface area contributed by atoms with Crippen LogP contribution < -0.4 is 4.74 Å². The summed E-state index contributed by atoms with van der Waals surface area (Å²) in [5.74, 6) is 0.876. The van der Waals surface area contributed by atoms with Gasteiger partial charge in [-0.2, -0.15) is 0 Å². The summed E-state index contributed by atoms with van der Waals surface area (Å²) in [6.45, 7) is 8.36. The molecule has 0 aliphatic heterocycles. The first kappa shape index (κ1) is 12.5. The van der Waals surface area contributed by atoms with Gasteiger partial charge in [-0.3, -0.25) is 0 Å². The van der Waals surface area contributed by atoms with E-state index in [1.807, 2.05) is 6.07 Å². The number of benzene rings is 1. The quantitative estimate of drug-likeness (QED) is 0.820. The fourth-order valence-electron chi connectivity index (χ4n) is 2.11. The van der Waals surface area contributed by atoms with Gasteiger partial charge in [0.2, 0.25) is 0 Å². The SMILES string of the molecule is [CH2]Cc1cn(C(C)C)c2c(Br)cc(OC)cc12. The lowest BCUT2D eigenvalue weighted by molar-refractivity contribution is 0.415. The topological polar surface area (TPSA) is 14.2 Å². The maximum Gasteiger partial charge on any atom is 0.120 e. The zero-order valence-corrected chi connectivity index (χ0v) is 12.0. The Bertz CT molecular complexity index is 543. The monoisotopic (exact) mass is 294 g/mol. The minimum Gasteiger partial charge on any atom is -0.497 e. The van der Waals surface area contributed by atoms with Crippen LogP contribution in [0.4, 0.5) is 0 Å². The Balaban J connectivity index is 2.80. The minimum absolute atomic E-state index is 0.433. The summed E-state index contributed by atoms with van der Waals surface area (Å²) in [5, 5.41) is 1.22. The van der Waals surface area contributed by atoms with E-state index in [0.717, 1.165) is 16.6 Å². The predicted molar refractivity (Wildman–Crippen MR) is 75.6 cm³/mol. The van der Waals surface area contributed by atoms with E-state index in [1.165, 1.54) is 16.5 Å². The average molecular weight is 295 g/mol. The molecule has 91 valence electrons. The lowest BCUT2D eigenvalue weighted by Crippen LogP contribution is -1.98. The van der Waals surface area contributed by atoms with Crippen molar-refractivity contribution >= 4 is 26.8 Å². The first-order valence-corrected chi connectivity index (χ1v) is 6.54. The van der Waals surface area contributed by atoms with Crippen LogP contribution in [0, 0.1) is 6.92 Å². The maximum atomic E-state index is 5.31. The highest BCUT2D eigenvalue weighted by atomic mass is 79.9. The van der Waals surface area contributed by atoms with Crippen LogP contribution in [0.25, 0.3) is 10.9 Å². The molecule has 0 spiro atoms. The van der Waals surface area contributed by atoms with Crippen molar-refractivity contribution in [2.75, 3.05) is 7.11 Å². The van der Waals surface area contributed by atoms with Crippen LogP contribution in [0.15, 0.2) is 22.8 Å². The highest BCUT2D eigenvalue weighted by molar-refractivity contribution is 9.10. The molecule has 0 aliphatic carbocycles. The van der Waals surface area contributed by atoms with Crippen molar-refractivity contribution in [3.8, 4) is 5.75 Å². The lowest BCUT2D eigenvalue weighted by atomic mass is 10.1. The first-order valence-electron chi connectivity index (χ1n) is 5.74. The van der Waals surface area contributed by atoms with Gasteiger partial charge in [0, 0.05) is 22.1 Å². The van der Waals surface area contributed by atoms with Crippen molar-refractivity contribution in [2.45, 2.75) is 26.3 Å². The zero-order chi connectivity index (χ0) is 12.6. The van der Waals surface area contributed by atoms with E-state index in [0.29, 0.717) is 6.04 Å². The zero-order valence-electron chi connectivity index (χ0n) is 10.5. The van der Waals surface area contributed by atoms with E-state index in [9.17, 15) is 0 Å². The molecule has 0 atom stereocenters. The van der Waals surface area contributed by atoms with Crippen LogP contribution in [0.3, 0.4) is 0 Å². The van der Waals surface area contributed by atoms with Crippen molar-refractivity contribution in [2.24, 2.45) is 0 Å². The summed E-state index contributed by atoms with van der Waals surface area (Å²) in [7, 11) is 1.69. The maximum absolute atomic E-state index is 5.31. The molecule has 0 saturated carbocycles. The smallest absolute Gasteiger partial charge is 0.120 e. The Hall–Kier alpha value is -0.960. The number of nitrogens with zero attached hydrogens (tertiary/aromatic N) is 1. The summed E-state index contributed by atoms with van der Waals surface area (Å²) < 4.78 is 8.66. The van der Waals surface area contributed by atoms with Gasteiger partial charge < -0.3 is 9.30 Å². The summed E-state index contributed by atoms with van der Waals surface area (Å²) in [5.41, 5.74) is 2.48. The van der Waals surface area contributed by atoms with Gasteiger partial charge in [-0.15, -0.1) is 0 Å². The van der Waals surface area contributed by atoms with E-state index in [1.54, 1.807) is 7.11 Å². The fourth-order valence-corrected chi connectivity index (χ4v) is 2.75. The van der Waals surface area contributed by atoms with Crippen molar-refractivity contribution < 1.29 is 4.74 Å². The molecule has 0 aliphatic rings. The molecule has 2 nitrogen and oxygen atoms in total. The van der Waals surface area contributed by atoms with Gasteiger partial charge in [0.25, 0.3) is 0 Å². The van der Waals surface area contributed by atoms with Crippen LogP contribution >= 0.6 is 15.9 Å². The number of rotatable bonds is 3. The molecule has 2 aromatic rings. The molecule has 1 aromatic heterocycles. The highest BCUT2D eigenvalue weighted by Crippen LogP contribution is 2.34. The van der Waals surface area contributed by atoms with E-state index >= 15 is 0 Å². The van der Waals surface area contributed by atoms with Crippen molar-refractivity contribution in [3.05, 3.63) is 35.3 Å². The second-order valence-corrected chi connectivity index (χ2v) is 5.27. The molecule has 1 heterocycles. The van der Waals surface area contributed by atoms with Crippen LogP contribution in [-0.2, 0) is 6.42 Å². The van der Waals surface area contributed by atoms with Gasteiger partial charge in [-0.05, 0) is 60.8 Å². The summed E-state index contributed by atoms with van der Waals surface area (Å²) in [6.07, 6.45) is 2.97. The predicted octanol–water partition coefficient (Wildman–Crippen LogP) is 4.37. The van der Waals surface area contributed by atoms with Gasteiger partial charge in [-0.1, -0.05) is 0 Å². The molecule has 0 saturated heterocycles. The molecular formula is C14H17BrNO. The van der Waals surface area contributed by atoms with Crippen molar-refractivity contribution in [1.29, 1.82) is 0 Å². The Morgan fingerprint density at radius 2 is 2.12 bits per heavy atom. The second kappa shape index (κ2) is 4.73. The highest BCUT2D eigenvalue weighted by Gasteiger charge is 2.13. The number of aromatic nitrogens is 1. The third-order valence-electron chi connectivity index (χ3n) is 3.00. The van der Waals surface area contributed by atoms with Gasteiger partial charge in [0.1, 0.15) is 5.75 Å². The number of methoxy groups -OCH3 is 1. The van der Waals surface area contributed by atoms with E-state index < -0.39 is 0 Å². The molecule has 3 heteroatoms. The Morgan fingerprint density at radius 3 is 2.65 bits per heavy atom. The molecule has 0 N–H and O–H groups in total. The Morgan fingerprint density at radius 1 is 1.41 bits per heavy atom. The third kappa shape index (κ3) is 2.08. The lowest BCUT2D eigenvalue weighted by Gasteiger charge is -2.11. The van der Waals surface area contributed by atoms with E-state index in [2.05, 4.69) is 53.5 Å². The van der Waals surface area contributed by atoms with E-state index in [-0.39, 0.29) is 0 Å². The number of hydrogen-bond acceptors (Lipinski definition) is 1. The fraction of sp³-hybridized carbons (Fsp3) is 0.357. The molecule has 17 heavy (non-hydrogen) atoms.